The summed E-state index contributed by atoms with van der Waals surface area (Å²) in [4.78, 5) is 26.6. The second-order valence-corrected chi connectivity index (χ2v) is 10.3. The first-order valence-corrected chi connectivity index (χ1v) is 13.2. The van der Waals surface area contributed by atoms with Crippen molar-refractivity contribution in [1.82, 2.24) is 19.9 Å². The maximum Gasteiger partial charge on any atom is 0.416 e. The summed E-state index contributed by atoms with van der Waals surface area (Å²) in [6, 6.07) is 10.6. The Morgan fingerprint density at radius 2 is 2.03 bits per heavy atom. The van der Waals surface area contributed by atoms with Crippen LogP contribution in [0, 0.1) is 0 Å². The molecule has 204 valence electrons. The highest BCUT2D eigenvalue weighted by molar-refractivity contribution is 7.22. The third kappa shape index (κ3) is 6.28. The Balaban J connectivity index is 1.42. The van der Waals surface area contributed by atoms with Crippen LogP contribution in [0.3, 0.4) is 0 Å². The van der Waals surface area contributed by atoms with Gasteiger partial charge in [-0.3, -0.25) is 4.79 Å². The van der Waals surface area contributed by atoms with Gasteiger partial charge in [0.2, 0.25) is 11.8 Å². The summed E-state index contributed by atoms with van der Waals surface area (Å²) >= 11 is 1.31. The van der Waals surface area contributed by atoms with Crippen molar-refractivity contribution in [2.24, 2.45) is 0 Å². The number of para-hydroxylation sites is 1. The monoisotopic (exact) mass is 557 g/mol. The number of alkyl halides is 3. The fourth-order valence-electron chi connectivity index (χ4n) is 4.54. The molecule has 0 aliphatic carbocycles. The zero-order valence-electron chi connectivity index (χ0n) is 21.3. The van der Waals surface area contributed by atoms with Crippen LogP contribution in [0.1, 0.15) is 31.7 Å². The average molecular weight is 558 g/mol. The molecule has 0 spiro atoms. The molecule has 1 aliphatic heterocycles. The normalized spacial score (nSPS) is 16.0. The van der Waals surface area contributed by atoms with E-state index in [1.807, 2.05) is 13.1 Å². The SMILES string of the molecule is CC(=O)Nc1nc2c(Oc3cc(-c4ccc(C(F)(F)F)cc4OCCC4CCCN4C)ncn3)cccc2s1. The minimum atomic E-state index is -4.51. The number of aromatic nitrogens is 3. The molecule has 1 atom stereocenters. The number of thiazole rings is 1. The first-order chi connectivity index (χ1) is 18.7. The molecule has 12 heteroatoms. The lowest BCUT2D eigenvalue weighted by atomic mass is 10.1. The smallest absolute Gasteiger partial charge is 0.416 e. The molecule has 3 heterocycles. The van der Waals surface area contributed by atoms with E-state index in [0.717, 1.165) is 36.2 Å². The molecule has 8 nitrogen and oxygen atoms in total. The van der Waals surface area contributed by atoms with E-state index in [1.165, 1.54) is 30.7 Å². The molecule has 1 unspecified atom stereocenters. The third-order valence-electron chi connectivity index (χ3n) is 6.49. The molecule has 2 aromatic carbocycles. The Kier molecular flexibility index (Phi) is 7.67. The number of halogens is 3. The summed E-state index contributed by atoms with van der Waals surface area (Å²) in [5.74, 6) is 0.452. The van der Waals surface area contributed by atoms with Gasteiger partial charge in [0, 0.05) is 24.6 Å². The highest BCUT2D eigenvalue weighted by Gasteiger charge is 2.32. The Bertz CT molecular complexity index is 1490. The molecule has 4 aromatic rings. The number of amides is 1. The number of ether oxygens (including phenoxy) is 2. The van der Waals surface area contributed by atoms with E-state index >= 15 is 0 Å². The number of carbonyl (C=O) groups is 1. The van der Waals surface area contributed by atoms with Gasteiger partial charge in [-0.05, 0) is 63.2 Å². The lowest BCUT2D eigenvalue weighted by molar-refractivity contribution is -0.137. The lowest BCUT2D eigenvalue weighted by Crippen LogP contribution is -2.26. The van der Waals surface area contributed by atoms with Crippen LogP contribution in [0.4, 0.5) is 18.3 Å². The summed E-state index contributed by atoms with van der Waals surface area (Å²) in [5.41, 5.74) is 0.498. The molecule has 0 saturated carbocycles. The Morgan fingerprint density at radius 1 is 1.18 bits per heavy atom. The number of likely N-dealkylation sites (tertiary alicyclic amines) is 1. The number of rotatable bonds is 8. The van der Waals surface area contributed by atoms with Crippen molar-refractivity contribution in [3.63, 3.8) is 0 Å². The number of hydrogen-bond acceptors (Lipinski definition) is 8. The maximum absolute atomic E-state index is 13.5. The standard InChI is InChI=1S/C27H26F3N5O3S/c1-16(36)33-26-34-25-21(6-3-7-23(25)39-26)38-24-14-20(31-15-32-24)19-9-8-17(27(28,29)30)13-22(19)37-12-10-18-5-4-11-35(18)2/h3,6-9,13-15,18H,4-5,10-12H2,1-2H3,(H,33,34,36). The number of fused-ring (bicyclic) bond motifs is 1. The Labute approximate surface area is 226 Å². The second kappa shape index (κ2) is 11.1. The molecular formula is C27H26F3N5O3S. The fourth-order valence-corrected chi connectivity index (χ4v) is 5.47. The number of nitrogens with one attached hydrogen (secondary N) is 1. The van der Waals surface area contributed by atoms with Crippen LogP contribution >= 0.6 is 11.3 Å². The number of benzene rings is 2. The van der Waals surface area contributed by atoms with Gasteiger partial charge >= 0.3 is 6.18 Å². The van der Waals surface area contributed by atoms with Crippen LogP contribution in [0.15, 0.2) is 48.8 Å². The molecule has 0 bridgehead atoms. The summed E-state index contributed by atoms with van der Waals surface area (Å²) < 4.78 is 53.2. The van der Waals surface area contributed by atoms with Gasteiger partial charge < -0.3 is 19.7 Å². The van der Waals surface area contributed by atoms with Crippen molar-refractivity contribution in [2.45, 2.75) is 38.4 Å². The Morgan fingerprint density at radius 3 is 2.77 bits per heavy atom. The van der Waals surface area contributed by atoms with E-state index in [2.05, 4.69) is 25.2 Å². The van der Waals surface area contributed by atoms with Gasteiger partial charge in [-0.2, -0.15) is 13.2 Å². The largest absolute Gasteiger partial charge is 0.493 e. The molecule has 5 rings (SSSR count). The van der Waals surface area contributed by atoms with E-state index in [4.69, 9.17) is 9.47 Å². The predicted octanol–water partition coefficient (Wildman–Crippen LogP) is 6.39. The van der Waals surface area contributed by atoms with Gasteiger partial charge in [-0.25, -0.2) is 15.0 Å². The van der Waals surface area contributed by atoms with Crippen LogP contribution in [-0.2, 0) is 11.0 Å². The van der Waals surface area contributed by atoms with Crippen LogP contribution in [0.2, 0.25) is 0 Å². The van der Waals surface area contributed by atoms with Crippen molar-refractivity contribution < 1.29 is 27.4 Å². The average Bonchev–Trinajstić information content (AvgIpc) is 3.49. The van der Waals surface area contributed by atoms with Crippen molar-refractivity contribution in [1.29, 1.82) is 0 Å². The zero-order chi connectivity index (χ0) is 27.6. The van der Waals surface area contributed by atoms with Crippen molar-refractivity contribution in [2.75, 3.05) is 25.5 Å². The first kappa shape index (κ1) is 26.8. The highest BCUT2D eigenvalue weighted by atomic mass is 32.1. The number of anilines is 1. The summed E-state index contributed by atoms with van der Waals surface area (Å²) in [7, 11) is 2.04. The zero-order valence-corrected chi connectivity index (χ0v) is 22.1. The minimum Gasteiger partial charge on any atom is -0.493 e. The van der Waals surface area contributed by atoms with Gasteiger partial charge in [0.15, 0.2) is 10.9 Å². The van der Waals surface area contributed by atoms with E-state index in [1.54, 1.807) is 18.2 Å². The molecule has 1 aliphatic rings. The molecule has 1 saturated heterocycles. The van der Waals surface area contributed by atoms with Crippen LogP contribution in [-0.4, -0.2) is 52.0 Å². The van der Waals surface area contributed by atoms with Crippen LogP contribution in [0.5, 0.6) is 17.4 Å². The molecular weight excluding hydrogens is 531 g/mol. The summed E-state index contributed by atoms with van der Waals surface area (Å²) in [6.07, 6.45) is -0.376. The third-order valence-corrected chi connectivity index (χ3v) is 7.42. The van der Waals surface area contributed by atoms with E-state index in [-0.39, 0.29) is 24.1 Å². The maximum atomic E-state index is 13.5. The topological polar surface area (TPSA) is 89.5 Å². The molecule has 39 heavy (non-hydrogen) atoms. The first-order valence-electron chi connectivity index (χ1n) is 12.4. The van der Waals surface area contributed by atoms with Gasteiger partial charge in [0.1, 0.15) is 17.6 Å². The van der Waals surface area contributed by atoms with Gasteiger partial charge in [0.05, 0.1) is 22.6 Å². The van der Waals surface area contributed by atoms with Crippen molar-refractivity contribution >= 4 is 32.6 Å². The minimum absolute atomic E-state index is 0.0941. The van der Waals surface area contributed by atoms with E-state index in [9.17, 15) is 18.0 Å². The van der Waals surface area contributed by atoms with E-state index < -0.39 is 11.7 Å². The highest BCUT2D eigenvalue weighted by Crippen LogP contribution is 2.39. The second-order valence-electron chi connectivity index (χ2n) is 9.27. The summed E-state index contributed by atoms with van der Waals surface area (Å²) in [6.45, 7) is 2.69. The molecule has 2 aromatic heterocycles. The quantitative estimate of drug-likeness (QED) is 0.269. The predicted molar refractivity (Wildman–Crippen MR) is 142 cm³/mol. The Hall–Kier alpha value is -3.77. The van der Waals surface area contributed by atoms with Gasteiger partial charge in [-0.1, -0.05) is 17.4 Å². The molecule has 1 fully saturated rings. The van der Waals surface area contributed by atoms with Gasteiger partial charge in [-0.15, -0.1) is 0 Å². The van der Waals surface area contributed by atoms with Crippen LogP contribution in [0.25, 0.3) is 21.5 Å². The number of carbonyl (C=O) groups excluding carboxylic acids is 1. The molecule has 1 N–H and O–H groups in total. The fraction of sp³-hybridized carbons (Fsp3) is 0.333. The molecule has 1 amide bonds. The molecule has 0 radical (unpaired) electrons. The van der Waals surface area contributed by atoms with Crippen molar-refractivity contribution in [3.05, 3.63) is 54.4 Å². The number of nitrogens with zero attached hydrogens (tertiary/aromatic N) is 4. The number of hydrogen-bond donors (Lipinski definition) is 1. The van der Waals surface area contributed by atoms with Crippen molar-refractivity contribution in [3.8, 4) is 28.6 Å². The summed E-state index contributed by atoms with van der Waals surface area (Å²) in [5, 5.41) is 3.10. The van der Waals surface area contributed by atoms with Crippen LogP contribution < -0.4 is 14.8 Å². The lowest BCUT2D eigenvalue weighted by Gasteiger charge is -2.20. The van der Waals surface area contributed by atoms with E-state index in [0.29, 0.717) is 40.1 Å². The van der Waals surface area contributed by atoms with Gasteiger partial charge in [0.25, 0.3) is 0 Å².